The molecule has 0 fully saturated rings. The van der Waals surface area contributed by atoms with Gasteiger partial charge in [-0.3, -0.25) is 4.79 Å². The molecule has 1 aromatic rings. The highest BCUT2D eigenvalue weighted by atomic mass is 79.9. The van der Waals surface area contributed by atoms with Crippen LogP contribution in [0.1, 0.15) is 25.5 Å². The Morgan fingerprint density at radius 1 is 1.24 bits per heavy atom. The number of carbonyl (C=O) groups is 2. The fraction of sp³-hybridized carbons (Fsp3) is 0.333. The summed E-state index contributed by atoms with van der Waals surface area (Å²) in [5.74, 6) is -2.06. The van der Waals surface area contributed by atoms with E-state index >= 15 is 0 Å². The van der Waals surface area contributed by atoms with Crippen LogP contribution in [0.2, 0.25) is 0 Å². The number of hydrogen-bond donors (Lipinski definition) is 1. The molecule has 0 aliphatic carbocycles. The minimum absolute atomic E-state index is 0.354. The van der Waals surface area contributed by atoms with Crippen molar-refractivity contribution in [1.82, 2.24) is 0 Å². The smallest absolute Gasteiger partial charge is 0.349 e. The van der Waals surface area contributed by atoms with Crippen molar-refractivity contribution >= 4 is 27.9 Å². The van der Waals surface area contributed by atoms with Crippen LogP contribution in [-0.2, 0) is 14.3 Å². The summed E-state index contributed by atoms with van der Waals surface area (Å²) >= 11 is 3.25. The molecule has 0 radical (unpaired) electrons. The van der Waals surface area contributed by atoms with Crippen LogP contribution in [0, 0.1) is 5.92 Å². The molecule has 0 heterocycles. The number of esters is 1. The van der Waals surface area contributed by atoms with E-state index in [-0.39, 0.29) is 5.92 Å². The second-order valence-corrected chi connectivity index (χ2v) is 4.78. The van der Waals surface area contributed by atoms with Crippen molar-refractivity contribution < 1.29 is 19.4 Å². The first-order chi connectivity index (χ1) is 7.91. The fourth-order valence-corrected chi connectivity index (χ4v) is 1.42. The quantitative estimate of drug-likeness (QED) is 0.869. The molecule has 0 unspecified atom stereocenters. The number of rotatable bonds is 4. The van der Waals surface area contributed by atoms with E-state index in [1.165, 1.54) is 0 Å². The van der Waals surface area contributed by atoms with Gasteiger partial charge in [0.05, 0.1) is 5.92 Å². The van der Waals surface area contributed by atoms with Gasteiger partial charge in [-0.05, 0) is 12.1 Å². The van der Waals surface area contributed by atoms with Gasteiger partial charge in [0.2, 0.25) is 6.10 Å². The van der Waals surface area contributed by atoms with Crippen LogP contribution in [0.3, 0.4) is 0 Å². The van der Waals surface area contributed by atoms with Crippen LogP contribution >= 0.6 is 15.9 Å². The summed E-state index contributed by atoms with van der Waals surface area (Å²) in [4.78, 5) is 22.5. The highest BCUT2D eigenvalue weighted by Gasteiger charge is 2.25. The summed E-state index contributed by atoms with van der Waals surface area (Å²) in [7, 11) is 0. The van der Waals surface area contributed by atoms with Gasteiger partial charge in [-0.2, -0.15) is 0 Å². The van der Waals surface area contributed by atoms with Crippen LogP contribution in [0.15, 0.2) is 28.7 Å². The van der Waals surface area contributed by atoms with Crippen LogP contribution in [-0.4, -0.2) is 17.0 Å². The molecule has 1 N–H and O–H groups in total. The minimum Gasteiger partial charge on any atom is -0.478 e. The zero-order valence-corrected chi connectivity index (χ0v) is 11.1. The van der Waals surface area contributed by atoms with E-state index in [0.29, 0.717) is 5.56 Å². The molecule has 1 atom stereocenters. The van der Waals surface area contributed by atoms with Gasteiger partial charge in [0.15, 0.2) is 0 Å². The third kappa shape index (κ3) is 3.85. The van der Waals surface area contributed by atoms with Crippen molar-refractivity contribution in [2.75, 3.05) is 0 Å². The van der Waals surface area contributed by atoms with Crippen molar-refractivity contribution in [3.63, 3.8) is 0 Å². The molecule has 0 saturated heterocycles. The SMILES string of the molecule is CC(C)C(=O)O[C@@H](C(=O)O)c1ccc(Br)cc1. The minimum atomic E-state index is -1.25. The molecule has 4 nitrogen and oxygen atoms in total. The van der Waals surface area contributed by atoms with Gasteiger partial charge in [-0.15, -0.1) is 0 Å². The normalized spacial score (nSPS) is 12.2. The van der Waals surface area contributed by atoms with E-state index in [1.807, 2.05) is 0 Å². The molecule has 5 heteroatoms. The number of benzene rings is 1. The van der Waals surface area contributed by atoms with Crippen molar-refractivity contribution in [2.45, 2.75) is 20.0 Å². The van der Waals surface area contributed by atoms with Gasteiger partial charge in [-0.25, -0.2) is 4.79 Å². The third-order valence-electron chi connectivity index (χ3n) is 2.10. The first-order valence-electron chi connectivity index (χ1n) is 5.10. The Bertz CT molecular complexity index is 411. The van der Waals surface area contributed by atoms with Gasteiger partial charge in [0, 0.05) is 10.0 Å². The lowest BCUT2D eigenvalue weighted by Crippen LogP contribution is -2.22. The lowest BCUT2D eigenvalue weighted by molar-refractivity contribution is -0.166. The standard InChI is InChI=1S/C12H13BrO4/c1-7(2)12(16)17-10(11(14)15)8-3-5-9(13)6-4-8/h3-7,10H,1-2H3,(H,14,15)/t10-/m1/s1. The van der Waals surface area contributed by atoms with E-state index in [4.69, 9.17) is 9.84 Å². The maximum Gasteiger partial charge on any atom is 0.349 e. The Labute approximate surface area is 108 Å². The molecule has 17 heavy (non-hydrogen) atoms. The van der Waals surface area contributed by atoms with E-state index in [0.717, 1.165) is 4.47 Å². The molecule has 0 amide bonds. The average Bonchev–Trinajstić information content (AvgIpc) is 2.26. The summed E-state index contributed by atoms with van der Waals surface area (Å²) in [5.41, 5.74) is 0.440. The molecule has 92 valence electrons. The number of carboxylic acid groups (broad SMARTS) is 1. The maximum atomic E-state index is 11.4. The first-order valence-corrected chi connectivity index (χ1v) is 5.90. The number of ether oxygens (including phenoxy) is 1. The molecule has 0 aliphatic rings. The lowest BCUT2D eigenvalue weighted by Gasteiger charge is -2.15. The highest BCUT2D eigenvalue weighted by Crippen LogP contribution is 2.21. The van der Waals surface area contributed by atoms with E-state index in [1.54, 1.807) is 38.1 Å². The van der Waals surface area contributed by atoms with Crippen LogP contribution in [0.5, 0.6) is 0 Å². The van der Waals surface area contributed by atoms with Crippen molar-refractivity contribution in [3.8, 4) is 0 Å². The summed E-state index contributed by atoms with van der Waals surface area (Å²) in [5, 5.41) is 9.04. The Morgan fingerprint density at radius 2 is 1.76 bits per heavy atom. The summed E-state index contributed by atoms with van der Waals surface area (Å²) in [6.07, 6.45) is -1.25. The number of carboxylic acids is 1. The molecule has 0 aliphatic heterocycles. The van der Waals surface area contributed by atoms with E-state index in [2.05, 4.69) is 15.9 Å². The first kappa shape index (κ1) is 13.7. The molecule has 0 spiro atoms. The average molecular weight is 301 g/mol. The third-order valence-corrected chi connectivity index (χ3v) is 2.63. The molecule has 0 aromatic heterocycles. The Balaban J connectivity index is 2.90. The van der Waals surface area contributed by atoms with Gasteiger partial charge < -0.3 is 9.84 Å². The summed E-state index contributed by atoms with van der Waals surface area (Å²) in [6.45, 7) is 3.31. The van der Waals surface area contributed by atoms with Crippen molar-refractivity contribution in [1.29, 1.82) is 0 Å². The van der Waals surface area contributed by atoms with Gasteiger partial charge in [0.25, 0.3) is 0 Å². The molecule has 1 rings (SSSR count). The topological polar surface area (TPSA) is 63.6 Å². The zero-order valence-electron chi connectivity index (χ0n) is 9.51. The maximum absolute atomic E-state index is 11.4. The second kappa shape index (κ2) is 5.82. The van der Waals surface area contributed by atoms with Crippen molar-refractivity contribution in [3.05, 3.63) is 34.3 Å². The fourth-order valence-electron chi connectivity index (χ4n) is 1.15. The van der Waals surface area contributed by atoms with E-state index in [9.17, 15) is 9.59 Å². The monoisotopic (exact) mass is 300 g/mol. The second-order valence-electron chi connectivity index (χ2n) is 3.86. The van der Waals surface area contributed by atoms with Crippen LogP contribution < -0.4 is 0 Å². The molecular formula is C12H13BrO4. The predicted octanol–water partition coefficient (Wildman–Crippen LogP) is 2.77. The van der Waals surface area contributed by atoms with Gasteiger partial charge >= 0.3 is 11.9 Å². The molecule has 0 saturated carbocycles. The summed E-state index contributed by atoms with van der Waals surface area (Å²) < 4.78 is 5.78. The van der Waals surface area contributed by atoms with Gasteiger partial charge in [0.1, 0.15) is 0 Å². The Kier molecular flexibility index (Phi) is 4.69. The Morgan fingerprint density at radius 3 is 2.18 bits per heavy atom. The number of carbonyl (C=O) groups excluding carboxylic acids is 1. The molecular weight excluding hydrogens is 288 g/mol. The van der Waals surface area contributed by atoms with Crippen LogP contribution in [0.25, 0.3) is 0 Å². The zero-order chi connectivity index (χ0) is 13.0. The van der Waals surface area contributed by atoms with E-state index < -0.39 is 18.0 Å². The molecule has 1 aromatic carbocycles. The largest absolute Gasteiger partial charge is 0.478 e. The van der Waals surface area contributed by atoms with Crippen LogP contribution in [0.4, 0.5) is 0 Å². The predicted molar refractivity (Wildman–Crippen MR) is 65.4 cm³/mol. The highest BCUT2D eigenvalue weighted by molar-refractivity contribution is 9.10. The van der Waals surface area contributed by atoms with Crippen molar-refractivity contribution in [2.24, 2.45) is 5.92 Å². The number of halogens is 1. The lowest BCUT2D eigenvalue weighted by atomic mass is 10.1. The molecule has 0 bridgehead atoms. The number of aliphatic carboxylic acids is 1. The van der Waals surface area contributed by atoms with Gasteiger partial charge in [-0.1, -0.05) is 41.9 Å². The number of hydrogen-bond acceptors (Lipinski definition) is 3. The Hall–Kier alpha value is -1.36. The summed E-state index contributed by atoms with van der Waals surface area (Å²) in [6, 6.07) is 6.62.